The second-order valence-electron chi connectivity index (χ2n) is 4.76. The Morgan fingerprint density at radius 3 is 2.06 bits per heavy atom. The summed E-state index contributed by atoms with van der Waals surface area (Å²) < 4.78 is 0. The van der Waals surface area contributed by atoms with E-state index < -0.39 is 0 Å². The van der Waals surface area contributed by atoms with Gasteiger partial charge in [-0.25, -0.2) is 0 Å². The molecule has 6 heteroatoms. The first-order chi connectivity index (χ1) is 8.43. The van der Waals surface area contributed by atoms with Crippen LogP contribution in [-0.4, -0.2) is 73.8 Å². The molecule has 6 nitrogen and oxygen atoms in total. The molecule has 0 unspecified atom stereocenters. The van der Waals surface area contributed by atoms with Gasteiger partial charge in [0.1, 0.15) is 0 Å². The maximum Gasteiger partial charge on any atom is 0.229 e. The van der Waals surface area contributed by atoms with Crippen LogP contribution in [0.4, 0.5) is 0 Å². The van der Waals surface area contributed by atoms with Gasteiger partial charge in [-0.05, 0) is 6.42 Å². The highest BCUT2D eigenvalue weighted by atomic mass is 16.2. The zero-order valence-electron chi connectivity index (χ0n) is 11.6. The largest absolute Gasteiger partial charge is 0.349 e. The van der Waals surface area contributed by atoms with Crippen LogP contribution in [0.3, 0.4) is 0 Å². The number of carbonyl (C=O) groups excluding carboxylic acids is 2. The minimum Gasteiger partial charge on any atom is -0.349 e. The van der Waals surface area contributed by atoms with Crippen molar-refractivity contribution in [2.75, 3.05) is 41.3 Å². The van der Waals surface area contributed by atoms with Crippen molar-refractivity contribution >= 4 is 17.8 Å². The van der Waals surface area contributed by atoms with Gasteiger partial charge >= 0.3 is 0 Å². The van der Waals surface area contributed by atoms with Crippen LogP contribution >= 0.6 is 0 Å². The second-order valence-corrected chi connectivity index (χ2v) is 4.76. The maximum atomic E-state index is 11.6. The first-order valence-corrected chi connectivity index (χ1v) is 6.15. The van der Waals surface area contributed by atoms with Gasteiger partial charge in [-0.15, -0.1) is 0 Å². The molecule has 0 N–H and O–H groups in total. The SMILES string of the molecule is CN(C)C(=NCCN1C(=O)CCCC1=O)N(C)C. The summed E-state index contributed by atoms with van der Waals surface area (Å²) in [5.41, 5.74) is 0. The summed E-state index contributed by atoms with van der Waals surface area (Å²) >= 11 is 0. The molecule has 1 aliphatic heterocycles. The van der Waals surface area contributed by atoms with Crippen LogP contribution in [0.25, 0.3) is 0 Å². The van der Waals surface area contributed by atoms with Gasteiger partial charge in [-0.2, -0.15) is 0 Å². The molecule has 0 bridgehead atoms. The topological polar surface area (TPSA) is 56.2 Å². The fourth-order valence-electron chi connectivity index (χ4n) is 1.98. The number of carbonyl (C=O) groups is 2. The lowest BCUT2D eigenvalue weighted by atomic mass is 10.1. The van der Waals surface area contributed by atoms with Crippen molar-refractivity contribution in [2.45, 2.75) is 19.3 Å². The number of imide groups is 1. The molecule has 0 aromatic heterocycles. The van der Waals surface area contributed by atoms with E-state index in [4.69, 9.17) is 0 Å². The van der Waals surface area contributed by atoms with Crippen LogP contribution in [0, 0.1) is 0 Å². The van der Waals surface area contributed by atoms with Gasteiger partial charge in [-0.3, -0.25) is 19.5 Å². The highest BCUT2D eigenvalue weighted by Gasteiger charge is 2.25. The van der Waals surface area contributed by atoms with Gasteiger partial charge in [0.05, 0.1) is 6.54 Å². The zero-order chi connectivity index (χ0) is 13.7. The minimum absolute atomic E-state index is 0.0716. The Morgan fingerprint density at radius 1 is 1.11 bits per heavy atom. The molecule has 0 spiro atoms. The van der Waals surface area contributed by atoms with Gasteiger partial charge in [0.15, 0.2) is 5.96 Å². The number of aliphatic imine (C=N–C) groups is 1. The van der Waals surface area contributed by atoms with Crippen molar-refractivity contribution in [3.63, 3.8) is 0 Å². The predicted octanol–water partition coefficient (Wildman–Crippen LogP) is 0.00470. The van der Waals surface area contributed by atoms with E-state index >= 15 is 0 Å². The summed E-state index contributed by atoms with van der Waals surface area (Å²) in [6.07, 6.45) is 1.63. The quantitative estimate of drug-likeness (QED) is 0.404. The molecule has 0 saturated carbocycles. The van der Waals surface area contributed by atoms with Crippen molar-refractivity contribution in [2.24, 2.45) is 4.99 Å². The average Bonchev–Trinajstić information content (AvgIpc) is 2.26. The van der Waals surface area contributed by atoms with E-state index in [1.165, 1.54) is 4.90 Å². The molecule has 0 aliphatic carbocycles. The summed E-state index contributed by atoms with van der Waals surface area (Å²) in [6, 6.07) is 0. The molecule has 0 atom stereocenters. The molecule has 1 fully saturated rings. The number of piperidine rings is 1. The zero-order valence-corrected chi connectivity index (χ0v) is 11.6. The van der Waals surface area contributed by atoms with Gasteiger partial charge in [0.25, 0.3) is 0 Å². The van der Waals surface area contributed by atoms with Gasteiger partial charge in [0, 0.05) is 47.6 Å². The van der Waals surface area contributed by atoms with Crippen molar-refractivity contribution in [3.05, 3.63) is 0 Å². The Kier molecular flexibility index (Phi) is 5.12. The highest BCUT2D eigenvalue weighted by Crippen LogP contribution is 2.11. The first-order valence-electron chi connectivity index (χ1n) is 6.15. The van der Waals surface area contributed by atoms with Crippen molar-refractivity contribution in [3.8, 4) is 0 Å². The van der Waals surface area contributed by atoms with E-state index in [0.29, 0.717) is 32.4 Å². The lowest BCUT2D eigenvalue weighted by Gasteiger charge is -2.25. The normalized spacial score (nSPS) is 15.7. The number of likely N-dealkylation sites (tertiary alicyclic amines) is 1. The van der Waals surface area contributed by atoms with Crippen LogP contribution in [0.5, 0.6) is 0 Å². The molecule has 1 heterocycles. The molecular formula is C12H22N4O2. The summed E-state index contributed by atoms with van der Waals surface area (Å²) in [5, 5.41) is 0. The van der Waals surface area contributed by atoms with E-state index in [1.807, 2.05) is 38.0 Å². The molecule has 0 radical (unpaired) electrons. The molecule has 1 aliphatic rings. The molecule has 0 aromatic carbocycles. The summed E-state index contributed by atoms with van der Waals surface area (Å²) in [6.45, 7) is 0.825. The number of hydrogen-bond acceptors (Lipinski definition) is 3. The van der Waals surface area contributed by atoms with Crippen molar-refractivity contribution in [1.82, 2.24) is 14.7 Å². The molecule has 102 valence electrons. The lowest BCUT2D eigenvalue weighted by molar-refractivity contribution is -0.147. The Labute approximate surface area is 108 Å². The fourth-order valence-corrected chi connectivity index (χ4v) is 1.98. The fraction of sp³-hybridized carbons (Fsp3) is 0.750. The van der Waals surface area contributed by atoms with Crippen LogP contribution in [-0.2, 0) is 9.59 Å². The van der Waals surface area contributed by atoms with Gasteiger partial charge in [0.2, 0.25) is 11.8 Å². The monoisotopic (exact) mass is 254 g/mol. The molecular weight excluding hydrogens is 232 g/mol. The Morgan fingerprint density at radius 2 is 1.61 bits per heavy atom. The lowest BCUT2D eigenvalue weighted by Crippen LogP contribution is -2.42. The van der Waals surface area contributed by atoms with Crippen molar-refractivity contribution in [1.29, 1.82) is 0 Å². The number of rotatable bonds is 3. The van der Waals surface area contributed by atoms with E-state index in [9.17, 15) is 9.59 Å². The smallest absolute Gasteiger partial charge is 0.229 e. The predicted molar refractivity (Wildman–Crippen MR) is 70.2 cm³/mol. The Hall–Kier alpha value is -1.59. The van der Waals surface area contributed by atoms with Crippen LogP contribution < -0.4 is 0 Å². The molecule has 18 heavy (non-hydrogen) atoms. The Bertz CT molecular complexity index is 324. The number of amides is 2. The van der Waals surface area contributed by atoms with Crippen LogP contribution in [0.15, 0.2) is 4.99 Å². The van der Waals surface area contributed by atoms with E-state index in [0.717, 1.165) is 5.96 Å². The molecule has 2 amide bonds. The summed E-state index contributed by atoms with van der Waals surface area (Å²) in [7, 11) is 7.65. The molecule has 0 aromatic rings. The number of hydrogen-bond donors (Lipinski definition) is 0. The third-order valence-corrected chi connectivity index (χ3v) is 2.76. The minimum atomic E-state index is -0.0716. The average molecular weight is 254 g/mol. The molecule has 1 saturated heterocycles. The van der Waals surface area contributed by atoms with E-state index in [1.54, 1.807) is 0 Å². The maximum absolute atomic E-state index is 11.6. The Balaban J connectivity index is 2.56. The third-order valence-electron chi connectivity index (χ3n) is 2.76. The second kappa shape index (κ2) is 6.37. The third kappa shape index (κ3) is 3.72. The standard InChI is InChI=1S/C12H22N4O2/c1-14(2)12(15(3)4)13-8-9-16-10(17)6-5-7-11(16)18/h5-9H2,1-4H3. The number of guanidine groups is 1. The number of nitrogens with zero attached hydrogens (tertiary/aromatic N) is 4. The summed E-state index contributed by atoms with van der Waals surface area (Å²) in [5.74, 6) is 0.683. The van der Waals surface area contributed by atoms with Crippen molar-refractivity contribution < 1.29 is 9.59 Å². The van der Waals surface area contributed by atoms with Gasteiger partial charge < -0.3 is 9.80 Å². The highest BCUT2D eigenvalue weighted by molar-refractivity contribution is 5.97. The molecule has 1 rings (SSSR count). The van der Waals surface area contributed by atoms with E-state index in [2.05, 4.69) is 4.99 Å². The van der Waals surface area contributed by atoms with Crippen LogP contribution in [0.1, 0.15) is 19.3 Å². The first kappa shape index (κ1) is 14.5. The summed E-state index contributed by atoms with van der Waals surface area (Å²) in [4.78, 5) is 32.7. The van der Waals surface area contributed by atoms with Gasteiger partial charge in [-0.1, -0.05) is 0 Å². The van der Waals surface area contributed by atoms with E-state index in [-0.39, 0.29) is 11.8 Å². The van der Waals surface area contributed by atoms with Crippen LogP contribution in [0.2, 0.25) is 0 Å².